The van der Waals surface area contributed by atoms with Gasteiger partial charge in [-0.05, 0) is 35.9 Å². The SMILES string of the molecule is COC(=O)c1ccc(CN(C)c2ncn(-c3ccc(OC(F)(F)F)cc3)n2)cn1. The number of methoxy groups -OCH3 is 1. The molecule has 8 nitrogen and oxygen atoms in total. The van der Waals surface area contributed by atoms with Crippen LogP contribution in [0.3, 0.4) is 0 Å². The van der Waals surface area contributed by atoms with Gasteiger partial charge in [0.2, 0.25) is 5.95 Å². The summed E-state index contributed by atoms with van der Waals surface area (Å²) >= 11 is 0. The van der Waals surface area contributed by atoms with E-state index in [0.29, 0.717) is 18.2 Å². The van der Waals surface area contributed by atoms with Gasteiger partial charge in [-0.15, -0.1) is 18.3 Å². The minimum Gasteiger partial charge on any atom is -0.464 e. The van der Waals surface area contributed by atoms with E-state index < -0.39 is 12.3 Å². The van der Waals surface area contributed by atoms with Gasteiger partial charge in [0.05, 0.1) is 12.8 Å². The summed E-state index contributed by atoms with van der Waals surface area (Å²) in [5.74, 6) is -0.434. The van der Waals surface area contributed by atoms with Crippen molar-refractivity contribution < 1.29 is 27.4 Å². The highest BCUT2D eigenvalue weighted by atomic mass is 19.4. The number of pyridine rings is 1. The molecule has 0 atom stereocenters. The van der Waals surface area contributed by atoms with E-state index in [1.807, 2.05) is 0 Å². The fourth-order valence-corrected chi connectivity index (χ4v) is 2.44. The third-order valence-electron chi connectivity index (χ3n) is 3.80. The summed E-state index contributed by atoms with van der Waals surface area (Å²) in [5, 5.41) is 4.31. The standard InChI is InChI=1S/C18H16F3N5O3/c1-25(10-12-3-8-15(22-9-12)16(27)28-2)17-23-11-26(24-17)13-4-6-14(7-5-13)29-18(19,20)21/h3-9,11H,10H2,1-2H3. The summed E-state index contributed by atoms with van der Waals surface area (Å²) in [6.45, 7) is 0.427. The Balaban J connectivity index is 1.66. The Bertz CT molecular complexity index is 972. The van der Waals surface area contributed by atoms with Gasteiger partial charge in [0.25, 0.3) is 0 Å². The maximum absolute atomic E-state index is 12.2. The minimum absolute atomic E-state index is 0.208. The van der Waals surface area contributed by atoms with Crippen molar-refractivity contribution in [1.29, 1.82) is 0 Å². The average Bonchev–Trinajstić information content (AvgIpc) is 3.18. The Morgan fingerprint density at radius 3 is 2.45 bits per heavy atom. The number of hydrogen-bond donors (Lipinski definition) is 0. The van der Waals surface area contributed by atoms with Gasteiger partial charge in [-0.3, -0.25) is 0 Å². The van der Waals surface area contributed by atoms with Crippen LogP contribution < -0.4 is 9.64 Å². The Hall–Kier alpha value is -3.63. The summed E-state index contributed by atoms with van der Waals surface area (Å²) in [7, 11) is 3.05. The number of aromatic nitrogens is 4. The van der Waals surface area contributed by atoms with Crippen LogP contribution in [0, 0.1) is 0 Å². The highest BCUT2D eigenvalue weighted by Gasteiger charge is 2.31. The van der Waals surface area contributed by atoms with Gasteiger partial charge in [0.15, 0.2) is 0 Å². The number of ether oxygens (including phenoxy) is 2. The predicted octanol–water partition coefficient (Wildman–Crippen LogP) is 2.98. The molecule has 0 bridgehead atoms. The van der Waals surface area contributed by atoms with Crippen LogP contribution in [0.2, 0.25) is 0 Å². The Morgan fingerprint density at radius 2 is 1.86 bits per heavy atom. The number of benzene rings is 1. The van der Waals surface area contributed by atoms with Crippen LogP contribution in [0.25, 0.3) is 5.69 Å². The molecule has 3 aromatic rings. The zero-order valence-corrected chi connectivity index (χ0v) is 15.4. The number of carbonyl (C=O) groups is 1. The molecule has 0 unspecified atom stereocenters. The molecule has 0 saturated carbocycles. The molecule has 0 radical (unpaired) electrons. The van der Waals surface area contributed by atoms with Crippen LogP contribution in [0.1, 0.15) is 16.1 Å². The molecule has 0 saturated heterocycles. The molecule has 29 heavy (non-hydrogen) atoms. The van der Waals surface area contributed by atoms with Gasteiger partial charge in [-0.1, -0.05) is 6.07 Å². The summed E-state index contributed by atoms with van der Waals surface area (Å²) in [6.07, 6.45) is -1.74. The van der Waals surface area contributed by atoms with Gasteiger partial charge in [-0.2, -0.15) is 4.98 Å². The number of alkyl halides is 3. The van der Waals surface area contributed by atoms with E-state index in [2.05, 4.69) is 24.5 Å². The predicted molar refractivity (Wildman–Crippen MR) is 95.7 cm³/mol. The lowest BCUT2D eigenvalue weighted by Crippen LogP contribution is -2.18. The van der Waals surface area contributed by atoms with Crippen molar-refractivity contribution in [2.24, 2.45) is 0 Å². The fraction of sp³-hybridized carbons (Fsp3) is 0.222. The Morgan fingerprint density at radius 1 is 1.14 bits per heavy atom. The van der Waals surface area contributed by atoms with Gasteiger partial charge >= 0.3 is 12.3 Å². The average molecular weight is 407 g/mol. The first kappa shape index (κ1) is 20.1. The van der Waals surface area contributed by atoms with E-state index in [9.17, 15) is 18.0 Å². The number of hydrogen-bond acceptors (Lipinski definition) is 7. The van der Waals surface area contributed by atoms with Crippen LogP contribution in [0.5, 0.6) is 5.75 Å². The van der Waals surface area contributed by atoms with Crippen LogP contribution in [-0.4, -0.2) is 46.2 Å². The van der Waals surface area contributed by atoms with Crippen LogP contribution in [0.4, 0.5) is 19.1 Å². The molecule has 0 aliphatic carbocycles. The largest absolute Gasteiger partial charge is 0.573 e. The second-order valence-electron chi connectivity index (χ2n) is 5.93. The normalized spacial score (nSPS) is 11.2. The molecule has 1 aromatic carbocycles. The third-order valence-corrected chi connectivity index (χ3v) is 3.80. The van der Waals surface area contributed by atoms with E-state index in [1.165, 1.54) is 42.4 Å². The molecule has 0 fully saturated rings. The maximum Gasteiger partial charge on any atom is 0.573 e. The number of anilines is 1. The molecule has 0 aliphatic heterocycles. The van der Waals surface area contributed by atoms with Crippen molar-refractivity contribution >= 4 is 11.9 Å². The lowest BCUT2D eigenvalue weighted by molar-refractivity contribution is -0.274. The molecule has 2 aromatic heterocycles. The monoisotopic (exact) mass is 407 g/mol. The fourth-order valence-electron chi connectivity index (χ4n) is 2.44. The molecule has 0 amide bonds. The number of rotatable bonds is 6. The van der Waals surface area contributed by atoms with Crippen LogP contribution in [0.15, 0.2) is 48.9 Å². The molecule has 0 spiro atoms. The molecular formula is C18H16F3N5O3. The summed E-state index contributed by atoms with van der Waals surface area (Å²) in [4.78, 5) is 21.4. The highest BCUT2D eigenvalue weighted by Crippen LogP contribution is 2.23. The molecule has 3 rings (SSSR count). The first-order valence-electron chi connectivity index (χ1n) is 8.27. The van der Waals surface area contributed by atoms with Gasteiger partial charge in [-0.25, -0.2) is 14.5 Å². The summed E-state index contributed by atoms with van der Waals surface area (Å²) in [5.41, 5.74) is 1.56. The van der Waals surface area contributed by atoms with Gasteiger partial charge in [0.1, 0.15) is 17.8 Å². The zero-order valence-electron chi connectivity index (χ0n) is 15.4. The van der Waals surface area contributed by atoms with Crippen molar-refractivity contribution in [3.8, 4) is 11.4 Å². The second kappa shape index (κ2) is 8.17. The van der Waals surface area contributed by atoms with E-state index in [1.54, 1.807) is 30.3 Å². The van der Waals surface area contributed by atoms with Crippen molar-refractivity contribution in [3.05, 3.63) is 60.2 Å². The van der Waals surface area contributed by atoms with Crippen LogP contribution >= 0.6 is 0 Å². The third kappa shape index (κ3) is 5.21. The van der Waals surface area contributed by atoms with E-state index in [4.69, 9.17) is 0 Å². The zero-order chi connectivity index (χ0) is 21.0. The van der Waals surface area contributed by atoms with E-state index >= 15 is 0 Å². The van der Waals surface area contributed by atoms with Crippen molar-refractivity contribution in [1.82, 2.24) is 19.7 Å². The van der Waals surface area contributed by atoms with Crippen molar-refractivity contribution in [2.75, 3.05) is 19.1 Å². The van der Waals surface area contributed by atoms with Crippen molar-refractivity contribution in [3.63, 3.8) is 0 Å². The lowest BCUT2D eigenvalue weighted by atomic mass is 10.2. The number of esters is 1. The molecule has 0 N–H and O–H groups in total. The van der Waals surface area contributed by atoms with E-state index in [0.717, 1.165) is 5.56 Å². The smallest absolute Gasteiger partial charge is 0.464 e. The molecule has 152 valence electrons. The summed E-state index contributed by atoms with van der Waals surface area (Å²) in [6, 6.07) is 8.58. The number of carbonyl (C=O) groups excluding carboxylic acids is 1. The first-order valence-corrected chi connectivity index (χ1v) is 8.27. The highest BCUT2D eigenvalue weighted by molar-refractivity contribution is 5.86. The topological polar surface area (TPSA) is 82.4 Å². The molecule has 11 heteroatoms. The first-order chi connectivity index (χ1) is 13.7. The number of nitrogens with zero attached hydrogens (tertiary/aromatic N) is 5. The Labute approximate surface area is 163 Å². The lowest BCUT2D eigenvalue weighted by Gasteiger charge is -2.14. The number of halogens is 3. The molecule has 2 heterocycles. The molecular weight excluding hydrogens is 391 g/mol. The van der Waals surface area contributed by atoms with Gasteiger partial charge in [0, 0.05) is 19.8 Å². The quantitative estimate of drug-likeness (QED) is 0.581. The van der Waals surface area contributed by atoms with Crippen molar-refractivity contribution in [2.45, 2.75) is 12.9 Å². The van der Waals surface area contributed by atoms with Crippen LogP contribution in [-0.2, 0) is 11.3 Å². The van der Waals surface area contributed by atoms with Gasteiger partial charge < -0.3 is 14.4 Å². The minimum atomic E-state index is -4.74. The summed E-state index contributed by atoms with van der Waals surface area (Å²) < 4.78 is 46.6. The maximum atomic E-state index is 12.2. The molecule has 0 aliphatic rings. The Kier molecular flexibility index (Phi) is 5.66. The van der Waals surface area contributed by atoms with E-state index in [-0.39, 0.29) is 11.4 Å². The second-order valence-corrected chi connectivity index (χ2v) is 5.93.